The van der Waals surface area contributed by atoms with Crippen LogP contribution in [-0.4, -0.2) is 39.4 Å². The summed E-state index contributed by atoms with van der Waals surface area (Å²) in [5, 5.41) is 0. The fourth-order valence-corrected chi connectivity index (χ4v) is 5.03. The van der Waals surface area contributed by atoms with Crippen molar-refractivity contribution < 1.29 is 22.7 Å². The predicted molar refractivity (Wildman–Crippen MR) is 100 cm³/mol. The largest absolute Gasteiger partial charge is 0.497 e. The van der Waals surface area contributed by atoms with E-state index in [-0.39, 0.29) is 16.5 Å². The molecule has 2 aromatic rings. The van der Waals surface area contributed by atoms with Crippen LogP contribution in [0.2, 0.25) is 0 Å². The van der Waals surface area contributed by atoms with Crippen LogP contribution in [0.5, 0.6) is 11.5 Å². The van der Waals surface area contributed by atoms with Crippen molar-refractivity contribution in [3.05, 3.63) is 53.6 Å². The summed E-state index contributed by atoms with van der Waals surface area (Å²) in [4.78, 5) is 11.3. The molecule has 1 fully saturated rings. The zero-order chi connectivity index (χ0) is 19.6. The summed E-state index contributed by atoms with van der Waals surface area (Å²) < 4.78 is 38.5. The Labute approximate surface area is 158 Å². The van der Waals surface area contributed by atoms with Crippen molar-refractivity contribution in [2.75, 3.05) is 20.8 Å². The van der Waals surface area contributed by atoms with Gasteiger partial charge in [0.25, 0.3) is 0 Å². The van der Waals surface area contributed by atoms with Gasteiger partial charge in [-0.2, -0.15) is 4.31 Å². The van der Waals surface area contributed by atoms with E-state index in [2.05, 4.69) is 0 Å². The molecule has 144 valence electrons. The number of amides is 1. The van der Waals surface area contributed by atoms with E-state index in [1.165, 1.54) is 28.6 Å². The van der Waals surface area contributed by atoms with Gasteiger partial charge < -0.3 is 15.2 Å². The van der Waals surface area contributed by atoms with Gasteiger partial charge in [0.2, 0.25) is 15.9 Å². The number of nitrogens with zero attached hydrogens (tertiary/aromatic N) is 1. The summed E-state index contributed by atoms with van der Waals surface area (Å²) in [5.74, 6) is 0.636. The maximum Gasteiger partial charge on any atom is 0.248 e. The van der Waals surface area contributed by atoms with E-state index in [4.69, 9.17) is 15.2 Å². The molecular weight excluding hydrogens is 368 g/mol. The van der Waals surface area contributed by atoms with Crippen molar-refractivity contribution in [2.45, 2.75) is 23.8 Å². The topological polar surface area (TPSA) is 98.9 Å². The lowest BCUT2D eigenvalue weighted by Crippen LogP contribution is -2.31. The molecule has 0 aromatic heterocycles. The van der Waals surface area contributed by atoms with E-state index in [0.29, 0.717) is 24.5 Å². The molecular formula is C19H22N2O5S. The lowest BCUT2D eigenvalue weighted by atomic mass is 10.0. The van der Waals surface area contributed by atoms with Crippen molar-refractivity contribution >= 4 is 15.9 Å². The smallest absolute Gasteiger partial charge is 0.248 e. The molecule has 7 nitrogen and oxygen atoms in total. The quantitative estimate of drug-likeness (QED) is 0.816. The first-order valence-corrected chi connectivity index (χ1v) is 9.96. The van der Waals surface area contributed by atoms with E-state index in [0.717, 1.165) is 12.0 Å². The Balaban J connectivity index is 1.97. The van der Waals surface area contributed by atoms with Crippen molar-refractivity contribution in [2.24, 2.45) is 5.73 Å². The first kappa shape index (κ1) is 19.2. The van der Waals surface area contributed by atoms with E-state index >= 15 is 0 Å². The number of primary amides is 1. The van der Waals surface area contributed by atoms with Crippen LogP contribution >= 0.6 is 0 Å². The second kappa shape index (κ2) is 7.58. The average Bonchev–Trinajstić information content (AvgIpc) is 3.18. The van der Waals surface area contributed by atoms with Crippen LogP contribution in [0.3, 0.4) is 0 Å². The number of nitrogens with two attached hydrogens (primary N) is 1. The maximum absolute atomic E-state index is 13.2. The molecule has 1 atom stereocenters. The van der Waals surface area contributed by atoms with Gasteiger partial charge in [-0.25, -0.2) is 8.42 Å². The van der Waals surface area contributed by atoms with Gasteiger partial charge in [0, 0.05) is 23.7 Å². The number of sulfonamides is 1. The molecule has 1 aliphatic rings. The normalized spacial score (nSPS) is 17.6. The van der Waals surface area contributed by atoms with Crippen molar-refractivity contribution in [1.29, 1.82) is 0 Å². The lowest BCUT2D eigenvalue weighted by Gasteiger charge is -2.26. The Kier molecular flexibility index (Phi) is 5.38. The van der Waals surface area contributed by atoms with Gasteiger partial charge in [0.15, 0.2) is 0 Å². The second-order valence-electron chi connectivity index (χ2n) is 6.27. The second-order valence-corrected chi connectivity index (χ2v) is 8.16. The van der Waals surface area contributed by atoms with Gasteiger partial charge in [-0.3, -0.25) is 4.79 Å². The average molecular weight is 390 g/mol. The lowest BCUT2D eigenvalue weighted by molar-refractivity contribution is 0.1000. The fraction of sp³-hybridized carbons (Fsp3) is 0.316. The number of benzene rings is 2. The summed E-state index contributed by atoms with van der Waals surface area (Å²) in [6.07, 6.45) is 1.44. The zero-order valence-corrected chi connectivity index (χ0v) is 16.0. The first-order valence-electron chi connectivity index (χ1n) is 8.52. The summed E-state index contributed by atoms with van der Waals surface area (Å²) >= 11 is 0. The molecule has 0 radical (unpaired) electrons. The van der Waals surface area contributed by atoms with Crippen LogP contribution < -0.4 is 15.2 Å². The minimum atomic E-state index is -3.72. The van der Waals surface area contributed by atoms with Crippen LogP contribution in [0.1, 0.15) is 34.8 Å². The van der Waals surface area contributed by atoms with Gasteiger partial charge in [-0.15, -0.1) is 0 Å². The number of methoxy groups -OCH3 is 2. The summed E-state index contributed by atoms with van der Waals surface area (Å²) in [7, 11) is -0.609. The first-order chi connectivity index (χ1) is 12.9. The molecule has 0 aliphatic carbocycles. The summed E-state index contributed by atoms with van der Waals surface area (Å²) in [6.45, 7) is 0.416. The monoisotopic (exact) mass is 390 g/mol. The standard InChI is InChI=1S/C19H22N2O5S/c1-25-14-7-10-16(18(12-14)26-2)17-4-3-11-21(17)27(23,24)15-8-5-13(6-9-15)19(20)22/h5-10,12,17H,3-4,11H2,1-2H3,(H2,20,22). The molecule has 27 heavy (non-hydrogen) atoms. The summed E-state index contributed by atoms with van der Waals surface area (Å²) in [5.41, 5.74) is 6.29. The van der Waals surface area contributed by atoms with Gasteiger partial charge in [-0.1, -0.05) is 6.07 Å². The third-order valence-electron chi connectivity index (χ3n) is 4.75. The van der Waals surface area contributed by atoms with E-state index in [1.807, 2.05) is 6.07 Å². The molecule has 1 aliphatic heterocycles. The Hall–Kier alpha value is -2.58. The molecule has 2 N–H and O–H groups in total. The fourth-order valence-electron chi connectivity index (χ4n) is 3.36. The van der Waals surface area contributed by atoms with Gasteiger partial charge in [-0.05, 0) is 43.2 Å². The van der Waals surface area contributed by atoms with Crippen molar-refractivity contribution in [3.63, 3.8) is 0 Å². The molecule has 0 bridgehead atoms. The Morgan fingerprint density at radius 3 is 2.41 bits per heavy atom. The van der Waals surface area contributed by atoms with Crippen LogP contribution in [0, 0.1) is 0 Å². The maximum atomic E-state index is 13.2. The van der Waals surface area contributed by atoms with Gasteiger partial charge >= 0.3 is 0 Å². The van der Waals surface area contributed by atoms with Gasteiger partial charge in [0.1, 0.15) is 11.5 Å². The summed E-state index contributed by atoms with van der Waals surface area (Å²) in [6, 6.07) is 10.7. The van der Waals surface area contributed by atoms with Crippen LogP contribution in [0.4, 0.5) is 0 Å². The molecule has 1 amide bonds. The van der Waals surface area contributed by atoms with E-state index in [9.17, 15) is 13.2 Å². The highest BCUT2D eigenvalue weighted by Gasteiger charge is 2.37. The minimum Gasteiger partial charge on any atom is -0.497 e. The number of carbonyl (C=O) groups excluding carboxylic acids is 1. The number of rotatable bonds is 6. The molecule has 2 aromatic carbocycles. The molecule has 0 saturated carbocycles. The molecule has 1 unspecified atom stereocenters. The SMILES string of the molecule is COc1ccc(C2CCCN2S(=O)(=O)c2ccc(C(N)=O)cc2)c(OC)c1. The molecule has 3 rings (SSSR count). The highest BCUT2D eigenvalue weighted by molar-refractivity contribution is 7.89. The highest BCUT2D eigenvalue weighted by Crippen LogP contribution is 2.41. The third kappa shape index (κ3) is 3.63. The van der Waals surface area contributed by atoms with Crippen LogP contribution in [-0.2, 0) is 10.0 Å². The number of hydrogen-bond donors (Lipinski definition) is 1. The predicted octanol–water partition coefficient (Wildman–Crippen LogP) is 2.33. The van der Waals surface area contributed by atoms with Crippen LogP contribution in [0.25, 0.3) is 0 Å². The zero-order valence-electron chi connectivity index (χ0n) is 15.2. The highest BCUT2D eigenvalue weighted by atomic mass is 32.2. The Morgan fingerprint density at radius 2 is 1.81 bits per heavy atom. The molecule has 1 saturated heterocycles. The van der Waals surface area contributed by atoms with E-state index in [1.54, 1.807) is 26.4 Å². The number of hydrogen-bond acceptors (Lipinski definition) is 5. The number of ether oxygens (including phenoxy) is 2. The van der Waals surface area contributed by atoms with E-state index < -0.39 is 15.9 Å². The Morgan fingerprint density at radius 1 is 1.11 bits per heavy atom. The van der Waals surface area contributed by atoms with Crippen molar-refractivity contribution in [3.8, 4) is 11.5 Å². The number of carbonyl (C=O) groups is 1. The molecule has 8 heteroatoms. The minimum absolute atomic E-state index is 0.131. The molecule has 0 spiro atoms. The third-order valence-corrected chi connectivity index (χ3v) is 6.67. The van der Waals surface area contributed by atoms with Crippen molar-refractivity contribution in [1.82, 2.24) is 4.31 Å². The Bertz CT molecular complexity index is 941. The molecule has 1 heterocycles. The van der Waals surface area contributed by atoms with Crippen LogP contribution in [0.15, 0.2) is 47.4 Å². The van der Waals surface area contributed by atoms with Gasteiger partial charge in [0.05, 0.1) is 25.2 Å².